The summed E-state index contributed by atoms with van der Waals surface area (Å²) in [6.45, 7) is 0.233. The van der Waals surface area contributed by atoms with Crippen LogP contribution in [0.4, 0.5) is 0 Å². The zero-order chi connectivity index (χ0) is 15.1. The number of primary amides is 1. The molecule has 1 aromatic carbocycles. The van der Waals surface area contributed by atoms with Crippen LogP contribution in [0.3, 0.4) is 0 Å². The van der Waals surface area contributed by atoms with Gasteiger partial charge in [0.05, 0.1) is 12.7 Å². The van der Waals surface area contributed by atoms with E-state index in [1.807, 2.05) is 36.5 Å². The average Bonchev–Trinajstić information content (AvgIpc) is 2.91. The first-order chi connectivity index (χ1) is 10.1. The number of aromatic nitrogens is 2. The van der Waals surface area contributed by atoms with Crippen LogP contribution in [0.5, 0.6) is 0 Å². The third-order valence-corrected chi connectivity index (χ3v) is 2.61. The molecule has 0 atom stereocenters. The molecule has 2 N–H and O–H groups in total. The van der Waals surface area contributed by atoms with Crippen LogP contribution in [-0.4, -0.2) is 28.3 Å². The fourth-order valence-corrected chi connectivity index (χ4v) is 1.68. The number of carbonyl (C=O) groups is 2. The monoisotopic (exact) mass is 285 g/mol. The molecule has 0 radical (unpaired) electrons. The predicted octanol–water partition coefficient (Wildman–Crippen LogP) is 0.973. The average molecular weight is 285 g/mol. The molecule has 6 nitrogen and oxygen atoms in total. The summed E-state index contributed by atoms with van der Waals surface area (Å²) in [6.07, 6.45) is 6.25. The first kappa shape index (κ1) is 14.5. The van der Waals surface area contributed by atoms with E-state index < -0.39 is 18.5 Å². The van der Waals surface area contributed by atoms with E-state index in [4.69, 9.17) is 5.73 Å². The van der Waals surface area contributed by atoms with Crippen LogP contribution in [0.1, 0.15) is 11.1 Å². The van der Waals surface area contributed by atoms with Gasteiger partial charge < -0.3 is 10.5 Å². The molecular weight excluding hydrogens is 270 g/mol. The quantitative estimate of drug-likeness (QED) is 0.633. The molecule has 1 aromatic heterocycles. The van der Waals surface area contributed by atoms with Gasteiger partial charge in [0.1, 0.15) is 0 Å². The van der Waals surface area contributed by atoms with Crippen molar-refractivity contribution in [3.8, 4) is 0 Å². The second-order valence-corrected chi connectivity index (χ2v) is 4.36. The number of hydrogen-bond donors (Lipinski definition) is 1. The molecule has 2 rings (SSSR count). The Labute approximate surface area is 121 Å². The first-order valence-corrected chi connectivity index (χ1v) is 6.33. The molecule has 0 fully saturated rings. The molecule has 0 bridgehead atoms. The smallest absolute Gasteiger partial charge is 0.331 e. The summed E-state index contributed by atoms with van der Waals surface area (Å²) in [7, 11) is 0. The van der Waals surface area contributed by atoms with Gasteiger partial charge in [-0.2, -0.15) is 5.10 Å². The van der Waals surface area contributed by atoms with Crippen LogP contribution in [0.25, 0.3) is 6.08 Å². The van der Waals surface area contributed by atoms with Crippen molar-refractivity contribution in [1.29, 1.82) is 0 Å². The maximum atomic E-state index is 11.3. The van der Waals surface area contributed by atoms with Crippen molar-refractivity contribution in [1.82, 2.24) is 9.78 Å². The number of nitrogens with zero attached hydrogens (tertiary/aromatic N) is 2. The highest BCUT2D eigenvalue weighted by molar-refractivity contribution is 5.88. The minimum atomic E-state index is -0.688. The Morgan fingerprint density at radius 3 is 2.76 bits per heavy atom. The second kappa shape index (κ2) is 7.04. The molecule has 1 heterocycles. The van der Waals surface area contributed by atoms with Crippen LogP contribution in [0.2, 0.25) is 0 Å². The lowest BCUT2D eigenvalue weighted by Gasteiger charge is -2.00. The van der Waals surface area contributed by atoms with E-state index in [2.05, 4.69) is 9.84 Å². The number of carbonyl (C=O) groups excluding carboxylic acids is 2. The lowest BCUT2D eigenvalue weighted by molar-refractivity contribution is -0.142. The summed E-state index contributed by atoms with van der Waals surface area (Å²) in [5.74, 6) is -1.31. The van der Waals surface area contributed by atoms with Gasteiger partial charge in [-0.1, -0.05) is 30.3 Å². The van der Waals surface area contributed by atoms with Gasteiger partial charge in [-0.15, -0.1) is 0 Å². The molecule has 0 unspecified atom stereocenters. The Hall–Kier alpha value is -2.89. The standard InChI is InChI=1S/C15H15N3O3/c16-14(19)11-21-15(20)7-6-13-8-17-18(10-13)9-12-4-2-1-3-5-12/h1-8,10H,9,11H2,(H2,16,19)/b7-6+. The lowest BCUT2D eigenvalue weighted by atomic mass is 10.2. The summed E-state index contributed by atoms with van der Waals surface area (Å²) in [4.78, 5) is 21.7. The largest absolute Gasteiger partial charge is 0.452 e. The van der Waals surface area contributed by atoms with Crippen molar-refractivity contribution >= 4 is 18.0 Å². The molecule has 2 aromatic rings. The van der Waals surface area contributed by atoms with Crippen molar-refractivity contribution in [2.75, 3.05) is 6.61 Å². The van der Waals surface area contributed by atoms with E-state index in [1.54, 1.807) is 17.0 Å². The van der Waals surface area contributed by atoms with Gasteiger partial charge in [0.25, 0.3) is 5.91 Å². The number of ether oxygens (including phenoxy) is 1. The fourth-order valence-electron chi connectivity index (χ4n) is 1.68. The SMILES string of the molecule is NC(=O)COC(=O)/C=C/c1cnn(Cc2ccccc2)c1. The van der Waals surface area contributed by atoms with E-state index in [1.165, 1.54) is 6.08 Å². The molecule has 0 saturated heterocycles. The molecule has 0 aliphatic heterocycles. The fraction of sp³-hybridized carbons (Fsp3) is 0.133. The zero-order valence-corrected chi connectivity index (χ0v) is 11.3. The maximum Gasteiger partial charge on any atom is 0.331 e. The van der Waals surface area contributed by atoms with Gasteiger partial charge in [-0.05, 0) is 11.6 Å². The summed E-state index contributed by atoms with van der Waals surface area (Å²) in [6, 6.07) is 9.91. The van der Waals surface area contributed by atoms with Crippen LogP contribution < -0.4 is 5.73 Å². The number of nitrogens with two attached hydrogens (primary N) is 1. The molecule has 108 valence electrons. The Morgan fingerprint density at radius 1 is 1.29 bits per heavy atom. The minimum absolute atomic E-state index is 0.420. The van der Waals surface area contributed by atoms with Crippen LogP contribution in [0, 0.1) is 0 Å². The second-order valence-electron chi connectivity index (χ2n) is 4.36. The topological polar surface area (TPSA) is 87.2 Å². The van der Waals surface area contributed by atoms with Crippen molar-refractivity contribution in [2.45, 2.75) is 6.54 Å². The van der Waals surface area contributed by atoms with Gasteiger partial charge >= 0.3 is 5.97 Å². The van der Waals surface area contributed by atoms with Crippen molar-refractivity contribution in [3.63, 3.8) is 0 Å². The van der Waals surface area contributed by atoms with Gasteiger partial charge in [0, 0.05) is 17.8 Å². The van der Waals surface area contributed by atoms with Gasteiger partial charge in [0.2, 0.25) is 0 Å². The Morgan fingerprint density at radius 2 is 2.05 bits per heavy atom. The van der Waals surface area contributed by atoms with E-state index in [0.29, 0.717) is 6.54 Å². The molecule has 21 heavy (non-hydrogen) atoms. The van der Waals surface area contributed by atoms with Crippen molar-refractivity contribution in [2.24, 2.45) is 5.73 Å². The lowest BCUT2D eigenvalue weighted by Crippen LogP contribution is -2.19. The van der Waals surface area contributed by atoms with Crippen molar-refractivity contribution < 1.29 is 14.3 Å². The van der Waals surface area contributed by atoms with Gasteiger partial charge in [-0.3, -0.25) is 9.48 Å². The third kappa shape index (κ3) is 4.94. The Kier molecular flexibility index (Phi) is 4.87. The predicted molar refractivity (Wildman–Crippen MR) is 77.0 cm³/mol. The van der Waals surface area contributed by atoms with Crippen LogP contribution >= 0.6 is 0 Å². The number of esters is 1. The van der Waals surface area contributed by atoms with E-state index in [-0.39, 0.29) is 0 Å². The van der Waals surface area contributed by atoms with Crippen molar-refractivity contribution in [3.05, 3.63) is 59.9 Å². The molecule has 0 aliphatic rings. The number of amides is 1. The normalized spacial score (nSPS) is 10.7. The summed E-state index contributed by atoms with van der Waals surface area (Å²) in [5.41, 5.74) is 6.77. The first-order valence-electron chi connectivity index (χ1n) is 6.33. The summed E-state index contributed by atoms with van der Waals surface area (Å²) in [5, 5.41) is 4.20. The highest BCUT2D eigenvalue weighted by atomic mass is 16.5. The molecule has 6 heteroatoms. The van der Waals surface area contributed by atoms with Crippen LogP contribution in [0.15, 0.2) is 48.8 Å². The number of rotatable bonds is 6. The highest BCUT2D eigenvalue weighted by Gasteiger charge is 2.01. The van der Waals surface area contributed by atoms with Gasteiger partial charge in [0.15, 0.2) is 6.61 Å². The van der Waals surface area contributed by atoms with Crippen LogP contribution in [-0.2, 0) is 20.9 Å². The minimum Gasteiger partial charge on any atom is -0.452 e. The Bertz CT molecular complexity index is 647. The Balaban J connectivity index is 1.91. The number of benzene rings is 1. The summed E-state index contributed by atoms with van der Waals surface area (Å²) < 4.78 is 6.37. The van der Waals surface area contributed by atoms with E-state index >= 15 is 0 Å². The molecule has 0 spiro atoms. The molecular formula is C15H15N3O3. The zero-order valence-electron chi connectivity index (χ0n) is 11.3. The highest BCUT2D eigenvalue weighted by Crippen LogP contribution is 2.05. The van der Waals surface area contributed by atoms with E-state index in [0.717, 1.165) is 11.1 Å². The van der Waals surface area contributed by atoms with E-state index in [9.17, 15) is 9.59 Å². The molecule has 0 aliphatic carbocycles. The molecule has 1 amide bonds. The molecule has 0 saturated carbocycles. The third-order valence-electron chi connectivity index (χ3n) is 2.61. The summed E-state index contributed by atoms with van der Waals surface area (Å²) >= 11 is 0. The maximum absolute atomic E-state index is 11.3. The van der Waals surface area contributed by atoms with Gasteiger partial charge in [-0.25, -0.2) is 4.79 Å². The number of hydrogen-bond acceptors (Lipinski definition) is 4.